The molecule has 9 heteroatoms. The van der Waals surface area contributed by atoms with Crippen molar-refractivity contribution in [2.45, 2.75) is 13.8 Å². The molecule has 0 unspecified atom stereocenters. The normalized spacial score (nSPS) is 11.9. The highest BCUT2D eigenvalue weighted by atomic mass is 16.6. The number of nitro groups is 1. The lowest BCUT2D eigenvalue weighted by Crippen LogP contribution is -2.39. The molecule has 4 rings (SSSR count). The molecule has 0 saturated heterocycles. The Morgan fingerprint density at radius 1 is 1.03 bits per heavy atom. The molecule has 0 saturated carbocycles. The molecule has 0 bridgehead atoms. The lowest BCUT2D eigenvalue weighted by molar-refractivity contribution is -0.384. The molecule has 1 amide bonds. The van der Waals surface area contributed by atoms with Gasteiger partial charge in [-0.2, -0.15) is 0 Å². The van der Waals surface area contributed by atoms with E-state index in [4.69, 9.17) is 4.99 Å². The summed E-state index contributed by atoms with van der Waals surface area (Å²) < 4.78 is 0. The second-order valence-corrected chi connectivity index (χ2v) is 9.63. The van der Waals surface area contributed by atoms with Crippen molar-refractivity contribution in [3.8, 4) is 5.88 Å². The van der Waals surface area contributed by atoms with Gasteiger partial charge < -0.3 is 19.9 Å². The summed E-state index contributed by atoms with van der Waals surface area (Å²) in [7, 11) is 3.94. The van der Waals surface area contributed by atoms with Gasteiger partial charge in [0.1, 0.15) is 0 Å². The number of aromatic hydroxyl groups is 1. The van der Waals surface area contributed by atoms with Crippen LogP contribution in [0.25, 0.3) is 10.9 Å². The van der Waals surface area contributed by atoms with Crippen molar-refractivity contribution in [1.82, 2.24) is 9.88 Å². The van der Waals surface area contributed by atoms with Crippen molar-refractivity contribution < 1.29 is 14.8 Å². The van der Waals surface area contributed by atoms with Crippen LogP contribution in [-0.4, -0.2) is 58.7 Å². The summed E-state index contributed by atoms with van der Waals surface area (Å²) in [5.74, 6) is -0.232. The molecule has 1 aromatic heterocycles. The first-order valence-electron chi connectivity index (χ1n) is 12.4. The molecular weight excluding hydrogens is 482 g/mol. The number of H-pyrrole nitrogens is 1. The summed E-state index contributed by atoms with van der Waals surface area (Å²) in [5.41, 5.74) is 3.44. The molecule has 0 fully saturated rings. The third-order valence-corrected chi connectivity index (χ3v) is 6.19. The van der Waals surface area contributed by atoms with E-state index in [0.717, 1.165) is 17.8 Å². The molecule has 4 aromatic rings. The van der Waals surface area contributed by atoms with Gasteiger partial charge in [0.25, 0.3) is 5.69 Å². The van der Waals surface area contributed by atoms with E-state index in [-0.39, 0.29) is 23.4 Å². The number of rotatable bonds is 9. The van der Waals surface area contributed by atoms with Gasteiger partial charge in [0, 0.05) is 53.3 Å². The van der Waals surface area contributed by atoms with Crippen molar-refractivity contribution in [2.75, 3.05) is 32.1 Å². The Bertz CT molecular complexity index is 1470. The maximum absolute atomic E-state index is 12.9. The molecule has 9 nitrogen and oxygen atoms in total. The predicted molar refractivity (Wildman–Crippen MR) is 151 cm³/mol. The molecule has 0 aliphatic heterocycles. The summed E-state index contributed by atoms with van der Waals surface area (Å²) in [5, 5.41) is 22.8. The minimum atomic E-state index is -0.466. The molecule has 1 heterocycles. The van der Waals surface area contributed by atoms with Gasteiger partial charge in [-0.05, 0) is 44.4 Å². The number of non-ortho nitro benzene ring substituents is 1. The van der Waals surface area contributed by atoms with E-state index in [1.54, 1.807) is 11.0 Å². The Balaban J connectivity index is 1.80. The van der Waals surface area contributed by atoms with Gasteiger partial charge in [0.15, 0.2) is 5.88 Å². The van der Waals surface area contributed by atoms with Gasteiger partial charge in [0.2, 0.25) is 5.91 Å². The second kappa shape index (κ2) is 11.3. The van der Waals surface area contributed by atoms with Crippen molar-refractivity contribution in [1.29, 1.82) is 0 Å². The smallest absolute Gasteiger partial charge is 0.270 e. The first-order chi connectivity index (χ1) is 18.2. The third-order valence-electron chi connectivity index (χ3n) is 6.19. The standard InChI is InChI=1S/C29H31N5O4/c1-19(2)29(36)33(17-16-32(3)4)22-12-10-21(11-13-22)30-27(20-8-6-5-7-9-20)26-24-18-23(34(37)38)14-15-25(24)31-28(26)35/h5-15,18-19,31,35H,16-17H2,1-4H3. The zero-order chi connectivity index (χ0) is 27.4. The number of amides is 1. The van der Waals surface area contributed by atoms with E-state index in [0.29, 0.717) is 34.4 Å². The van der Waals surface area contributed by atoms with Crippen molar-refractivity contribution in [3.63, 3.8) is 0 Å². The largest absolute Gasteiger partial charge is 0.494 e. The number of hydrogen-bond acceptors (Lipinski definition) is 6. The first kappa shape index (κ1) is 26.6. The SMILES string of the molecule is CC(C)C(=O)N(CCN(C)C)c1ccc(N=C(c2ccccc2)c2c(O)[nH]c3ccc([N+](=O)[O-])cc23)cc1. The highest BCUT2D eigenvalue weighted by Gasteiger charge is 2.22. The average molecular weight is 514 g/mol. The number of aromatic nitrogens is 1. The van der Waals surface area contributed by atoms with Crippen LogP contribution in [0.3, 0.4) is 0 Å². The molecule has 2 N–H and O–H groups in total. The Morgan fingerprint density at radius 2 is 1.71 bits per heavy atom. The van der Waals surface area contributed by atoms with Gasteiger partial charge >= 0.3 is 0 Å². The van der Waals surface area contributed by atoms with Gasteiger partial charge in [-0.1, -0.05) is 44.2 Å². The number of fused-ring (bicyclic) bond motifs is 1. The predicted octanol–water partition coefficient (Wildman–Crippen LogP) is 5.50. The monoisotopic (exact) mass is 513 g/mol. The number of nitro benzene ring substituents is 1. The Morgan fingerprint density at radius 3 is 2.32 bits per heavy atom. The summed E-state index contributed by atoms with van der Waals surface area (Å²) in [6.45, 7) is 5.05. The summed E-state index contributed by atoms with van der Waals surface area (Å²) in [6, 6.07) is 21.1. The van der Waals surface area contributed by atoms with E-state index in [1.807, 2.05) is 87.4 Å². The lowest BCUT2D eigenvalue weighted by atomic mass is 10.0. The second-order valence-electron chi connectivity index (χ2n) is 9.63. The maximum Gasteiger partial charge on any atom is 0.270 e. The number of hydrogen-bond donors (Lipinski definition) is 2. The summed E-state index contributed by atoms with van der Waals surface area (Å²) in [4.78, 5) is 35.4. The molecule has 196 valence electrons. The minimum absolute atomic E-state index is 0.0402. The molecule has 0 radical (unpaired) electrons. The van der Waals surface area contributed by atoms with E-state index < -0.39 is 4.92 Å². The number of aromatic amines is 1. The Labute approximate surface area is 221 Å². The van der Waals surface area contributed by atoms with Crippen LogP contribution in [0, 0.1) is 16.0 Å². The fourth-order valence-corrected chi connectivity index (χ4v) is 4.19. The fraction of sp³-hybridized carbons (Fsp3) is 0.241. The minimum Gasteiger partial charge on any atom is -0.494 e. The van der Waals surface area contributed by atoms with Crippen LogP contribution in [0.5, 0.6) is 5.88 Å². The zero-order valence-corrected chi connectivity index (χ0v) is 21.9. The van der Waals surface area contributed by atoms with Crippen LogP contribution in [-0.2, 0) is 4.79 Å². The zero-order valence-electron chi connectivity index (χ0n) is 21.9. The van der Waals surface area contributed by atoms with Gasteiger partial charge in [-0.3, -0.25) is 14.9 Å². The maximum atomic E-state index is 12.9. The highest BCUT2D eigenvalue weighted by Crippen LogP contribution is 2.34. The van der Waals surface area contributed by atoms with E-state index in [1.165, 1.54) is 12.1 Å². The van der Waals surface area contributed by atoms with Crippen LogP contribution in [0.1, 0.15) is 25.0 Å². The summed E-state index contributed by atoms with van der Waals surface area (Å²) in [6.07, 6.45) is 0. The van der Waals surface area contributed by atoms with Crippen LogP contribution < -0.4 is 4.90 Å². The number of nitrogens with zero attached hydrogens (tertiary/aromatic N) is 4. The number of carbonyl (C=O) groups is 1. The number of aliphatic imine (C=N–C) groups is 1. The van der Waals surface area contributed by atoms with E-state index in [9.17, 15) is 20.0 Å². The summed E-state index contributed by atoms with van der Waals surface area (Å²) >= 11 is 0. The molecule has 0 aliphatic carbocycles. The molecular formula is C29H31N5O4. The van der Waals surface area contributed by atoms with Gasteiger partial charge in [-0.25, -0.2) is 4.99 Å². The number of anilines is 1. The first-order valence-corrected chi connectivity index (χ1v) is 12.4. The Kier molecular flexibility index (Phi) is 7.87. The lowest BCUT2D eigenvalue weighted by Gasteiger charge is -2.26. The van der Waals surface area contributed by atoms with Crippen LogP contribution in [0.2, 0.25) is 0 Å². The average Bonchev–Trinajstić information content (AvgIpc) is 3.23. The topological polar surface area (TPSA) is 115 Å². The molecule has 0 atom stereocenters. The van der Waals surface area contributed by atoms with Crippen LogP contribution in [0.4, 0.5) is 17.1 Å². The highest BCUT2D eigenvalue weighted by molar-refractivity contribution is 6.22. The molecule has 38 heavy (non-hydrogen) atoms. The van der Waals surface area contributed by atoms with Crippen molar-refractivity contribution >= 4 is 39.6 Å². The number of likely N-dealkylation sites (N-methyl/N-ethyl adjacent to an activating group) is 1. The fourth-order valence-electron chi connectivity index (χ4n) is 4.19. The Hall–Kier alpha value is -4.50. The van der Waals surface area contributed by atoms with Crippen molar-refractivity contribution in [2.24, 2.45) is 10.9 Å². The van der Waals surface area contributed by atoms with Crippen LogP contribution in [0.15, 0.2) is 77.8 Å². The third kappa shape index (κ3) is 5.73. The van der Waals surface area contributed by atoms with Crippen LogP contribution >= 0.6 is 0 Å². The number of benzene rings is 3. The number of nitrogens with one attached hydrogen (secondary N) is 1. The number of carbonyl (C=O) groups excluding carboxylic acids is 1. The quantitative estimate of drug-likeness (QED) is 0.174. The van der Waals surface area contributed by atoms with Crippen molar-refractivity contribution in [3.05, 3.63) is 94.0 Å². The van der Waals surface area contributed by atoms with E-state index >= 15 is 0 Å². The molecule has 0 aliphatic rings. The van der Waals surface area contributed by atoms with Gasteiger partial charge in [0.05, 0.1) is 21.9 Å². The van der Waals surface area contributed by atoms with E-state index in [2.05, 4.69) is 4.98 Å². The molecule has 0 spiro atoms. The van der Waals surface area contributed by atoms with Gasteiger partial charge in [-0.15, -0.1) is 0 Å². The molecule has 3 aromatic carbocycles.